The quantitative estimate of drug-likeness (QED) is 0.835. The topological polar surface area (TPSA) is 62.5 Å². The number of aromatic nitrogens is 3. The fourth-order valence-electron chi connectivity index (χ4n) is 2.16. The van der Waals surface area contributed by atoms with Crippen LogP contribution in [-0.4, -0.2) is 32.4 Å². The largest absolute Gasteiger partial charge is 0.393 e. The number of pyridine rings is 1. The van der Waals surface area contributed by atoms with Crippen LogP contribution in [0.1, 0.15) is 18.4 Å². The molecule has 5 nitrogen and oxygen atoms in total. The molecule has 0 amide bonds. The number of fused-ring (bicyclic) bond motifs is 1. The van der Waals surface area contributed by atoms with E-state index in [2.05, 4.69) is 15.4 Å². The first-order valence-corrected chi connectivity index (χ1v) is 5.95. The third kappa shape index (κ3) is 2.10. The summed E-state index contributed by atoms with van der Waals surface area (Å²) in [5.41, 5.74) is 2.04. The highest BCUT2D eigenvalue weighted by Gasteiger charge is 2.26. The molecule has 0 saturated heterocycles. The van der Waals surface area contributed by atoms with Crippen LogP contribution < -0.4 is 5.32 Å². The lowest BCUT2D eigenvalue weighted by Gasteiger charge is -2.31. The van der Waals surface area contributed by atoms with Crippen molar-refractivity contribution in [3.63, 3.8) is 0 Å². The van der Waals surface area contributed by atoms with Crippen molar-refractivity contribution in [3.8, 4) is 0 Å². The van der Waals surface area contributed by atoms with Gasteiger partial charge in [-0.15, -0.1) is 5.10 Å². The second-order valence-corrected chi connectivity index (χ2v) is 4.81. The number of rotatable bonds is 3. The van der Waals surface area contributed by atoms with Crippen LogP contribution in [0.5, 0.6) is 0 Å². The average molecular weight is 232 g/mol. The minimum Gasteiger partial charge on any atom is -0.393 e. The summed E-state index contributed by atoms with van der Waals surface area (Å²) in [6, 6.07) is 4.01. The molecule has 0 spiro atoms. The molecule has 90 valence electrons. The summed E-state index contributed by atoms with van der Waals surface area (Å²) in [7, 11) is 0. The van der Waals surface area contributed by atoms with Crippen molar-refractivity contribution in [2.24, 2.45) is 5.92 Å². The highest BCUT2D eigenvalue weighted by molar-refractivity contribution is 5.45. The molecule has 0 bridgehead atoms. The Hall–Kier alpha value is -1.62. The van der Waals surface area contributed by atoms with E-state index in [1.54, 1.807) is 4.52 Å². The molecule has 2 heterocycles. The van der Waals surface area contributed by atoms with Crippen molar-refractivity contribution in [1.29, 1.82) is 0 Å². The van der Waals surface area contributed by atoms with Crippen LogP contribution in [0.4, 0.5) is 5.95 Å². The van der Waals surface area contributed by atoms with E-state index in [-0.39, 0.29) is 6.10 Å². The first kappa shape index (κ1) is 10.5. The predicted octanol–water partition coefficient (Wildman–Crippen LogP) is 1.22. The number of aryl methyl sites for hydroxylation is 1. The number of nitrogens with one attached hydrogen (secondary N) is 1. The fraction of sp³-hybridized carbons (Fsp3) is 0.500. The Morgan fingerprint density at radius 1 is 1.53 bits per heavy atom. The number of hydrogen-bond acceptors (Lipinski definition) is 4. The molecule has 0 atom stereocenters. The van der Waals surface area contributed by atoms with Gasteiger partial charge in [-0.2, -0.15) is 4.98 Å². The normalized spacial score (nSPS) is 23.6. The Bertz CT molecular complexity index is 530. The highest BCUT2D eigenvalue weighted by Crippen LogP contribution is 2.26. The molecular formula is C12H16N4O. The summed E-state index contributed by atoms with van der Waals surface area (Å²) in [4.78, 5) is 4.40. The Balaban J connectivity index is 1.68. The summed E-state index contributed by atoms with van der Waals surface area (Å²) in [5, 5.41) is 16.8. The summed E-state index contributed by atoms with van der Waals surface area (Å²) < 4.78 is 1.77. The van der Waals surface area contributed by atoms with E-state index in [4.69, 9.17) is 0 Å². The van der Waals surface area contributed by atoms with Crippen molar-refractivity contribution in [2.45, 2.75) is 25.9 Å². The maximum absolute atomic E-state index is 9.20. The lowest BCUT2D eigenvalue weighted by molar-refractivity contribution is 0.0486. The standard InChI is InChI=1S/C12H16N4O/c1-8-2-3-16-11(4-8)14-12(15-16)13-7-9-5-10(17)6-9/h2-4,9-10,17H,5-7H2,1H3,(H,13,15). The maximum atomic E-state index is 9.20. The Kier molecular flexibility index (Phi) is 2.48. The molecule has 2 N–H and O–H groups in total. The molecule has 2 aromatic rings. The van der Waals surface area contributed by atoms with Gasteiger partial charge in [0.2, 0.25) is 5.95 Å². The lowest BCUT2D eigenvalue weighted by Crippen LogP contribution is -2.33. The molecule has 5 heteroatoms. The minimum atomic E-state index is -0.0986. The molecular weight excluding hydrogens is 216 g/mol. The van der Waals surface area contributed by atoms with Crippen molar-refractivity contribution in [2.75, 3.05) is 11.9 Å². The molecule has 1 fully saturated rings. The van der Waals surface area contributed by atoms with Crippen LogP contribution >= 0.6 is 0 Å². The molecule has 0 unspecified atom stereocenters. The van der Waals surface area contributed by atoms with Gasteiger partial charge in [-0.1, -0.05) is 0 Å². The summed E-state index contributed by atoms with van der Waals surface area (Å²) in [6.45, 7) is 2.88. The average Bonchev–Trinajstić information content (AvgIpc) is 2.64. The first-order valence-electron chi connectivity index (χ1n) is 5.95. The van der Waals surface area contributed by atoms with Crippen LogP contribution in [0.15, 0.2) is 18.3 Å². The van der Waals surface area contributed by atoms with Gasteiger partial charge in [0.1, 0.15) is 0 Å². The second kappa shape index (κ2) is 4.00. The van der Waals surface area contributed by atoms with Crippen LogP contribution in [0, 0.1) is 12.8 Å². The SMILES string of the molecule is Cc1ccn2nc(NCC3CC(O)C3)nc2c1. The van der Waals surface area contributed by atoms with E-state index in [1.807, 2.05) is 25.3 Å². The molecule has 17 heavy (non-hydrogen) atoms. The molecule has 2 aromatic heterocycles. The minimum absolute atomic E-state index is 0.0986. The summed E-state index contributed by atoms with van der Waals surface area (Å²) >= 11 is 0. The van der Waals surface area contributed by atoms with Crippen LogP contribution in [0.2, 0.25) is 0 Å². The molecule has 0 radical (unpaired) electrons. The van der Waals surface area contributed by atoms with E-state index in [0.717, 1.165) is 25.0 Å². The Morgan fingerprint density at radius 3 is 3.12 bits per heavy atom. The van der Waals surface area contributed by atoms with Crippen molar-refractivity contribution < 1.29 is 5.11 Å². The van der Waals surface area contributed by atoms with Gasteiger partial charge in [-0.05, 0) is 43.4 Å². The van der Waals surface area contributed by atoms with Crippen LogP contribution in [0.3, 0.4) is 0 Å². The number of nitrogens with zero attached hydrogens (tertiary/aromatic N) is 3. The number of anilines is 1. The van der Waals surface area contributed by atoms with Gasteiger partial charge in [0.25, 0.3) is 0 Å². The highest BCUT2D eigenvalue weighted by atomic mass is 16.3. The zero-order chi connectivity index (χ0) is 11.8. The molecule has 1 saturated carbocycles. The first-order chi connectivity index (χ1) is 8.20. The van der Waals surface area contributed by atoms with E-state index in [1.165, 1.54) is 5.56 Å². The van der Waals surface area contributed by atoms with Gasteiger partial charge in [-0.25, -0.2) is 4.52 Å². The van der Waals surface area contributed by atoms with Crippen molar-refractivity contribution >= 4 is 11.6 Å². The third-order valence-electron chi connectivity index (χ3n) is 3.25. The van der Waals surface area contributed by atoms with Crippen molar-refractivity contribution in [1.82, 2.24) is 14.6 Å². The number of aliphatic hydroxyl groups is 1. The fourth-order valence-corrected chi connectivity index (χ4v) is 2.16. The smallest absolute Gasteiger partial charge is 0.243 e. The molecule has 1 aliphatic carbocycles. The zero-order valence-corrected chi connectivity index (χ0v) is 9.80. The second-order valence-electron chi connectivity index (χ2n) is 4.81. The van der Waals surface area contributed by atoms with E-state index < -0.39 is 0 Å². The third-order valence-corrected chi connectivity index (χ3v) is 3.25. The number of aliphatic hydroxyl groups excluding tert-OH is 1. The van der Waals surface area contributed by atoms with E-state index in [9.17, 15) is 5.11 Å². The molecule has 0 aliphatic heterocycles. The zero-order valence-electron chi connectivity index (χ0n) is 9.80. The van der Waals surface area contributed by atoms with E-state index in [0.29, 0.717) is 11.9 Å². The monoisotopic (exact) mass is 232 g/mol. The molecule has 3 rings (SSSR count). The Morgan fingerprint density at radius 2 is 2.35 bits per heavy atom. The summed E-state index contributed by atoms with van der Waals surface area (Å²) in [5.74, 6) is 1.22. The lowest BCUT2D eigenvalue weighted by atomic mass is 9.82. The van der Waals surface area contributed by atoms with Gasteiger partial charge < -0.3 is 10.4 Å². The molecule has 1 aliphatic rings. The Labute approximate surface area is 99.5 Å². The van der Waals surface area contributed by atoms with E-state index >= 15 is 0 Å². The van der Waals surface area contributed by atoms with Gasteiger partial charge in [0.15, 0.2) is 5.65 Å². The van der Waals surface area contributed by atoms with Crippen molar-refractivity contribution in [3.05, 3.63) is 23.9 Å². The summed E-state index contributed by atoms with van der Waals surface area (Å²) in [6.07, 6.45) is 3.59. The number of hydrogen-bond donors (Lipinski definition) is 2. The molecule has 0 aromatic carbocycles. The van der Waals surface area contributed by atoms with Gasteiger partial charge >= 0.3 is 0 Å². The van der Waals surface area contributed by atoms with Gasteiger partial charge in [-0.3, -0.25) is 0 Å². The predicted molar refractivity (Wildman–Crippen MR) is 64.9 cm³/mol. The maximum Gasteiger partial charge on any atom is 0.243 e. The van der Waals surface area contributed by atoms with Gasteiger partial charge in [0, 0.05) is 12.7 Å². The van der Waals surface area contributed by atoms with Crippen LogP contribution in [0.25, 0.3) is 5.65 Å². The van der Waals surface area contributed by atoms with Crippen LogP contribution in [-0.2, 0) is 0 Å². The van der Waals surface area contributed by atoms with Gasteiger partial charge in [0.05, 0.1) is 6.10 Å².